The zero-order valence-electron chi connectivity index (χ0n) is 17.2. The minimum atomic E-state index is -0.113. The molecular weight excluding hydrogens is 497 g/mol. The van der Waals surface area contributed by atoms with Crippen molar-refractivity contribution in [2.45, 2.75) is 45.4 Å². The first-order chi connectivity index (χ1) is 13.6. The lowest BCUT2D eigenvalue weighted by Gasteiger charge is -2.29. The van der Waals surface area contributed by atoms with E-state index in [0.29, 0.717) is 0 Å². The Kier molecular flexibility index (Phi) is 10.3. The van der Waals surface area contributed by atoms with Crippen LogP contribution in [0.5, 0.6) is 0 Å². The molecule has 8 heteroatoms. The SMILES string of the molecule is CN=C(NCCc1csc(C)n1)NCc1ccc(CN2CCC(O)CC2)cc1.I. The van der Waals surface area contributed by atoms with Crippen molar-refractivity contribution in [3.63, 3.8) is 0 Å². The summed E-state index contributed by atoms with van der Waals surface area (Å²) >= 11 is 1.69. The van der Waals surface area contributed by atoms with Gasteiger partial charge in [-0.05, 0) is 30.9 Å². The molecule has 1 aromatic heterocycles. The van der Waals surface area contributed by atoms with E-state index < -0.39 is 0 Å². The van der Waals surface area contributed by atoms with Crippen LogP contribution in [-0.2, 0) is 19.5 Å². The van der Waals surface area contributed by atoms with Gasteiger partial charge in [0, 0.05) is 51.6 Å². The van der Waals surface area contributed by atoms with Gasteiger partial charge in [-0.25, -0.2) is 4.98 Å². The van der Waals surface area contributed by atoms with E-state index in [0.717, 1.165) is 68.6 Å². The summed E-state index contributed by atoms with van der Waals surface area (Å²) in [6.07, 6.45) is 2.55. The third-order valence-electron chi connectivity index (χ3n) is 5.01. The van der Waals surface area contributed by atoms with Gasteiger partial charge in [0.05, 0.1) is 16.8 Å². The van der Waals surface area contributed by atoms with Crippen LogP contribution in [0.2, 0.25) is 0 Å². The Balaban J connectivity index is 0.00000300. The Hall–Kier alpha value is -1.23. The standard InChI is InChI=1S/C21H31N5OS.HI/c1-16-25-19(15-28-16)7-10-23-21(22-2)24-13-17-3-5-18(6-4-17)14-26-11-8-20(27)9-12-26;/h3-6,15,20,27H,7-14H2,1-2H3,(H2,22,23,24);1H. The van der Waals surface area contributed by atoms with Gasteiger partial charge in [0.25, 0.3) is 0 Å². The molecule has 1 fully saturated rings. The van der Waals surface area contributed by atoms with E-state index in [2.05, 4.69) is 55.2 Å². The number of aromatic nitrogens is 1. The van der Waals surface area contributed by atoms with Crippen molar-refractivity contribution in [2.75, 3.05) is 26.7 Å². The number of hydrogen-bond acceptors (Lipinski definition) is 5. The molecule has 0 amide bonds. The summed E-state index contributed by atoms with van der Waals surface area (Å²) in [5.74, 6) is 0.808. The Morgan fingerprint density at radius 3 is 2.52 bits per heavy atom. The maximum absolute atomic E-state index is 9.62. The van der Waals surface area contributed by atoms with Gasteiger partial charge in [-0.2, -0.15) is 0 Å². The second-order valence-electron chi connectivity index (χ2n) is 7.28. The quantitative estimate of drug-likeness (QED) is 0.292. The smallest absolute Gasteiger partial charge is 0.191 e. The third-order valence-corrected chi connectivity index (χ3v) is 5.83. The highest BCUT2D eigenvalue weighted by atomic mass is 127. The lowest BCUT2D eigenvalue weighted by Crippen LogP contribution is -2.37. The first-order valence-electron chi connectivity index (χ1n) is 9.96. The van der Waals surface area contributed by atoms with Gasteiger partial charge in [0.15, 0.2) is 5.96 Å². The van der Waals surface area contributed by atoms with Gasteiger partial charge in [0.1, 0.15) is 0 Å². The fourth-order valence-corrected chi connectivity index (χ4v) is 3.98. The molecule has 0 bridgehead atoms. The molecule has 6 nitrogen and oxygen atoms in total. The fourth-order valence-electron chi connectivity index (χ4n) is 3.34. The molecule has 3 rings (SSSR count). The number of thiazole rings is 1. The minimum absolute atomic E-state index is 0. The molecule has 0 saturated carbocycles. The Labute approximate surface area is 194 Å². The van der Waals surface area contributed by atoms with Crippen molar-refractivity contribution in [3.8, 4) is 0 Å². The van der Waals surface area contributed by atoms with Crippen LogP contribution in [-0.4, -0.2) is 53.7 Å². The van der Waals surface area contributed by atoms with Gasteiger partial charge in [-0.1, -0.05) is 24.3 Å². The zero-order valence-corrected chi connectivity index (χ0v) is 20.4. The van der Waals surface area contributed by atoms with E-state index in [1.807, 2.05) is 6.92 Å². The second kappa shape index (κ2) is 12.5. The summed E-state index contributed by atoms with van der Waals surface area (Å²) in [6.45, 7) is 6.50. The lowest BCUT2D eigenvalue weighted by atomic mass is 10.1. The van der Waals surface area contributed by atoms with Crippen molar-refractivity contribution in [2.24, 2.45) is 4.99 Å². The van der Waals surface area contributed by atoms with Crippen LogP contribution in [0.15, 0.2) is 34.6 Å². The number of guanidine groups is 1. The largest absolute Gasteiger partial charge is 0.393 e. The molecular formula is C21H32IN5OS. The van der Waals surface area contributed by atoms with Crippen molar-refractivity contribution in [1.29, 1.82) is 0 Å². The topological polar surface area (TPSA) is 72.8 Å². The summed E-state index contributed by atoms with van der Waals surface area (Å²) in [7, 11) is 1.79. The maximum atomic E-state index is 9.62. The fraction of sp³-hybridized carbons (Fsp3) is 0.524. The number of halogens is 1. The molecule has 1 aromatic carbocycles. The molecule has 1 aliphatic heterocycles. The average molecular weight is 529 g/mol. The van der Waals surface area contributed by atoms with Crippen molar-refractivity contribution in [3.05, 3.63) is 51.5 Å². The molecule has 160 valence electrons. The van der Waals surface area contributed by atoms with E-state index >= 15 is 0 Å². The number of aryl methyl sites for hydroxylation is 1. The number of piperidine rings is 1. The van der Waals surface area contributed by atoms with Gasteiger partial charge in [0.2, 0.25) is 0 Å². The molecule has 0 atom stereocenters. The number of nitrogens with one attached hydrogen (secondary N) is 2. The molecule has 2 heterocycles. The first kappa shape index (κ1) is 24.0. The molecule has 0 unspecified atom stereocenters. The number of likely N-dealkylation sites (tertiary alicyclic amines) is 1. The van der Waals surface area contributed by atoms with Crippen LogP contribution in [0.1, 0.15) is 34.7 Å². The van der Waals surface area contributed by atoms with Crippen molar-refractivity contribution >= 4 is 41.3 Å². The predicted octanol–water partition coefficient (Wildman–Crippen LogP) is 2.93. The lowest BCUT2D eigenvalue weighted by molar-refractivity contribution is 0.0792. The summed E-state index contributed by atoms with van der Waals surface area (Å²) in [5.41, 5.74) is 3.68. The normalized spacial score (nSPS) is 15.8. The number of aliphatic hydroxyl groups excluding tert-OH is 1. The molecule has 0 aliphatic carbocycles. The average Bonchev–Trinajstić information content (AvgIpc) is 3.12. The Bertz CT molecular complexity index is 757. The predicted molar refractivity (Wildman–Crippen MR) is 131 cm³/mol. The number of aliphatic imine (C=N–C) groups is 1. The molecule has 3 N–H and O–H groups in total. The van der Waals surface area contributed by atoms with Crippen LogP contribution in [0.25, 0.3) is 0 Å². The van der Waals surface area contributed by atoms with Crippen molar-refractivity contribution in [1.82, 2.24) is 20.5 Å². The van der Waals surface area contributed by atoms with Crippen molar-refractivity contribution < 1.29 is 5.11 Å². The van der Waals surface area contributed by atoms with Crippen LogP contribution >= 0.6 is 35.3 Å². The van der Waals surface area contributed by atoms with Crippen LogP contribution in [0.4, 0.5) is 0 Å². The van der Waals surface area contributed by atoms with Crippen LogP contribution < -0.4 is 10.6 Å². The van der Waals surface area contributed by atoms with Gasteiger partial charge in [-0.3, -0.25) is 9.89 Å². The molecule has 0 radical (unpaired) electrons. The molecule has 29 heavy (non-hydrogen) atoms. The summed E-state index contributed by atoms with van der Waals surface area (Å²) in [4.78, 5) is 11.2. The molecule has 0 spiro atoms. The maximum Gasteiger partial charge on any atom is 0.191 e. The van der Waals surface area contributed by atoms with E-state index in [-0.39, 0.29) is 30.1 Å². The van der Waals surface area contributed by atoms with Crippen LogP contribution in [0, 0.1) is 6.92 Å². The van der Waals surface area contributed by atoms with E-state index in [1.165, 1.54) is 11.1 Å². The number of hydrogen-bond donors (Lipinski definition) is 3. The third kappa shape index (κ3) is 8.19. The highest BCUT2D eigenvalue weighted by Crippen LogP contribution is 2.14. The van der Waals surface area contributed by atoms with E-state index in [4.69, 9.17) is 0 Å². The first-order valence-corrected chi connectivity index (χ1v) is 10.8. The summed E-state index contributed by atoms with van der Waals surface area (Å²) in [6, 6.07) is 8.74. The number of rotatable bonds is 7. The van der Waals surface area contributed by atoms with E-state index in [1.54, 1.807) is 18.4 Å². The zero-order chi connectivity index (χ0) is 19.8. The number of benzene rings is 1. The highest BCUT2D eigenvalue weighted by molar-refractivity contribution is 14.0. The highest BCUT2D eigenvalue weighted by Gasteiger charge is 2.16. The van der Waals surface area contributed by atoms with Gasteiger partial charge < -0.3 is 15.7 Å². The molecule has 1 aliphatic rings. The molecule has 2 aromatic rings. The Morgan fingerprint density at radius 1 is 1.21 bits per heavy atom. The van der Waals surface area contributed by atoms with Crippen LogP contribution in [0.3, 0.4) is 0 Å². The Morgan fingerprint density at radius 2 is 1.90 bits per heavy atom. The van der Waals surface area contributed by atoms with E-state index in [9.17, 15) is 5.11 Å². The monoisotopic (exact) mass is 529 g/mol. The minimum Gasteiger partial charge on any atom is -0.393 e. The van der Waals surface area contributed by atoms with Gasteiger partial charge >= 0.3 is 0 Å². The van der Waals surface area contributed by atoms with Gasteiger partial charge in [-0.15, -0.1) is 35.3 Å². The second-order valence-corrected chi connectivity index (χ2v) is 8.35. The summed E-state index contributed by atoms with van der Waals surface area (Å²) in [5, 5.41) is 19.5. The number of aliphatic hydroxyl groups is 1. The number of nitrogens with zero attached hydrogens (tertiary/aromatic N) is 3. The summed E-state index contributed by atoms with van der Waals surface area (Å²) < 4.78 is 0. The molecule has 1 saturated heterocycles.